The van der Waals surface area contributed by atoms with Gasteiger partial charge in [-0.25, -0.2) is 9.59 Å². The van der Waals surface area contributed by atoms with Gasteiger partial charge >= 0.3 is 24.1 Å². The molecule has 0 bridgehead atoms. The summed E-state index contributed by atoms with van der Waals surface area (Å²) < 4.78 is 20.7. The molecule has 10 heteroatoms. The topological polar surface area (TPSA) is 112 Å². The maximum atomic E-state index is 12.5. The highest BCUT2D eigenvalue weighted by Gasteiger charge is 2.45. The highest BCUT2D eigenvalue weighted by Crippen LogP contribution is 2.40. The van der Waals surface area contributed by atoms with Crippen LogP contribution in [0.2, 0.25) is 0 Å². The SMILES string of the molecule is COC(=O)[C@@H]1CCN(C(=O)OC(C)(C)C)[C@@H]1c1ccccc1.COC(=O)[C@H]1CCN(C(=O)OC(C)(C)C)[C@H]1c1ccccc1. The zero-order valence-corrected chi connectivity index (χ0v) is 27.1. The van der Waals surface area contributed by atoms with E-state index in [1.807, 2.05) is 102 Å². The molecule has 10 nitrogen and oxygen atoms in total. The Bertz CT molecular complexity index is 1170. The number of benzene rings is 2. The van der Waals surface area contributed by atoms with Crippen LogP contribution in [0, 0.1) is 11.8 Å². The molecule has 2 amide bonds. The molecule has 0 aromatic heterocycles. The molecule has 0 N–H and O–H groups in total. The molecule has 4 rings (SSSR count). The predicted molar refractivity (Wildman–Crippen MR) is 164 cm³/mol. The number of hydrogen-bond acceptors (Lipinski definition) is 8. The number of ether oxygens (including phenoxy) is 4. The molecule has 240 valence electrons. The van der Waals surface area contributed by atoms with Crippen LogP contribution in [0.25, 0.3) is 0 Å². The van der Waals surface area contributed by atoms with Crippen LogP contribution in [0.5, 0.6) is 0 Å². The maximum Gasteiger partial charge on any atom is 0.410 e. The van der Waals surface area contributed by atoms with Crippen molar-refractivity contribution in [2.75, 3.05) is 27.3 Å². The van der Waals surface area contributed by atoms with Gasteiger partial charge in [0, 0.05) is 13.1 Å². The lowest BCUT2D eigenvalue weighted by Gasteiger charge is -2.30. The molecule has 2 aromatic rings. The Labute approximate surface area is 260 Å². The fourth-order valence-electron chi connectivity index (χ4n) is 5.56. The van der Waals surface area contributed by atoms with Crippen molar-refractivity contribution in [3.8, 4) is 0 Å². The van der Waals surface area contributed by atoms with Gasteiger partial charge in [-0.15, -0.1) is 0 Å². The first kappa shape index (κ1) is 34.4. The summed E-state index contributed by atoms with van der Waals surface area (Å²) in [5.41, 5.74) is 0.700. The van der Waals surface area contributed by atoms with E-state index < -0.39 is 23.4 Å². The molecule has 2 aromatic carbocycles. The monoisotopic (exact) mass is 610 g/mol. The number of rotatable bonds is 4. The molecular weight excluding hydrogens is 564 g/mol. The third kappa shape index (κ3) is 8.97. The number of nitrogens with zero attached hydrogens (tertiary/aromatic N) is 2. The van der Waals surface area contributed by atoms with Crippen molar-refractivity contribution in [1.29, 1.82) is 0 Å². The van der Waals surface area contributed by atoms with Gasteiger partial charge in [0.25, 0.3) is 0 Å². The van der Waals surface area contributed by atoms with Crippen molar-refractivity contribution in [3.63, 3.8) is 0 Å². The number of hydrogen-bond donors (Lipinski definition) is 0. The van der Waals surface area contributed by atoms with Gasteiger partial charge in [0.15, 0.2) is 0 Å². The molecule has 2 fully saturated rings. The van der Waals surface area contributed by atoms with E-state index in [0.29, 0.717) is 25.9 Å². The summed E-state index contributed by atoms with van der Waals surface area (Å²) in [7, 11) is 2.75. The lowest BCUT2D eigenvalue weighted by molar-refractivity contribution is -0.147. The van der Waals surface area contributed by atoms with Gasteiger partial charge in [-0.3, -0.25) is 9.59 Å². The Morgan fingerprint density at radius 1 is 0.591 bits per heavy atom. The van der Waals surface area contributed by atoms with Gasteiger partial charge in [0.05, 0.1) is 38.1 Å². The van der Waals surface area contributed by atoms with E-state index in [1.54, 1.807) is 9.80 Å². The van der Waals surface area contributed by atoms with Crippen LogP contribution in [-0.2, 0) is 28.5 Å². The van der Waals surface area contributed by atoms with Crippen molar-refractivity contribution in [2.24, 2.45) is 11.8 Å². The summed E-state index contributed by atoms with van der Waals surface area (Å²) >= 11 is 0. The number of methoxy groups -OCH3 is 2. The second-order valence-electron chi connectivity index (χ2n) is 12.9. The van der Waals surface area contributed by atoms with E-state index in [0.717, 1.165) is 11.1 Å². The molecule has 2 aliphatic rings. The molecule has 0 radical (unpaired) electrons. The maximum absolute atomic E-state index is 12.5. The minimum Gasteiger partial charge on any atom is -0.469 e. The quantitative estimate of drug-likeness (QED) is 0.292. The van der Waals surface area contributed by atoms with Gasteiger partial charge in [-0.05, 0) is 65.5 Å². The second kappa shape index (κ2) is 14.6. The minimum atomic E-state index is -0.568. The molecule has 0 aliphatic carbocycles. The van der Waals surface area contributed by atoms with Crippen LogP contribution >= 0.6 is 0 Å². The highest BCUT2D eigenvalue weighted by molar-refractivity contribution is 5.78. The molecule has 2 saturated heterocycles. The summed E-state index contributed by atoms with van der Waals surface area (Å²) in [4.78, 5) is 52.3. The zero-order valence-electron chi connectivity index (χ0n) is 27.1. The van der Waals surface area contributed by atoms with E-state index >= 15 is 0 Å². The average Bonchev–Trinajstić information content (AvgIpc) is 3.62. The summed E-state index contributed by atoms with van der Waals surface area (Å²) in [6.45, 7) is 11.9. The number of carbonyl (C=O) groups is 4. The van der Waals surface area contributed by atoms with Gasteiger partial charge in [-0.2, -0.15) is 0 Å². The highest BCUT2D eigenvalue weighted by atomic mass is 16.6. The van der Waals surface area contributed by atoms with Crippen molar-refractivity contribution in [3.05, 3.63) is 71.8 Å². The van der Waals surface area contributed by atoms with Crippen LogP contribution in [-0.4, -0.2) is 72.4 Å². The van der Waals surface area contributed by atoms with Crippen LogP contribution in [0.15, 0.2) is 60.7 Å². The molecule has 2 aliphatic heterocycles. The smallest absolute Gasteiger partial charge is 0.410 e. The third-order valence-corrected chi connectivity index (χ3v) is 7.34. The standard InChI is InChI=1S/2C17H23NO4/c2*1-17(2,3)22-16(20)18-11-10-13(15(19)21-4)14(18)12-8-6-5-7-9-12/h2*5-9,13-14H,10-11H2,1-4H3/t2*13-,14-/m10/s1. The van der Waals surface area contributed by atoms with Crippen molar-refractivity contribution >= 4 is 24.1 Å². The minimum absolute atomic E-state index is 0.292. The second-order valence-corrected chi connectivity index (χ2v) is 12.9. The Kier molecular flexibility index (Phi) is 11.4. The largest absolute Gasteiger partial charge is 0.469 e. The fourth-order valence-corrected chi connectivity index (χ4v) is 5.56. The van der Waals surface area contributed by atoms with E-state index in [-0.39, 0.29) is 35.9 Å². The van der Waals surface area contributed by atoms with Gasteiger partial charge in [0.1, 0.15) is 11.2 Å². The molecule has 2 heterocycles. The third-order valence-electron chi connectivity index (χ3n) is 7.34. The molecule has 0 unspecified atom stereocenters. The van der Waals surface area contributed by atoms with Crippen LogP contribution in [0.4, 0.5) is 9.59 Å². The van der Waals surface area contributed by atoms with Crippen LogP contribution in [0.3, 0.4) is 0 Å². The fraction of sp³-hybridized carbons (Fsp3) is 0.529. The number of esters is 2. The predicted octanol–water partition coefficient (Wildman–Crippen LogP) is 6.32. The van der Waals surface area contributed by atoms with Crippen molar-refractivity contribution in [2.45, 2.75) is 77.7 Å². The first-order chi connectivity index (χ1) is 20.7. The molecule has 4 atom stereocenters. The molecule has 0 saturated carbocycles. The summed E-state index contributed by atoms with van der Waals surface area (Å²) in [5.74, 6) is -1.31. The van der Waals surface area contributed by atoms with E-state index in [1.165, 1.54) is 14.2 Å². The summed E-state index contributed by atoms with van der Waals surface area (Å²) in [5, 5.41) is 0. The lowest BCUT2D eigenvalue weighted by atomic mass is 9.94. The number of likely N-dealkylation sites (tertiary alicyclic amines) is 2. The first-order valence-corrected chi connectivity index (χ1v) is 14.9. The van der Waals surface area contributed by atoms with Gasteiger partial charge < -0.3 is 28.7 Å². The average molecular weight is 611 g/mol. The van der Waals surface area contributed by atoms with Crippen LogP contribution in [0.1, 0.15) is 77.6 Å². The van der Waals surface area contributed by atoms with E-state index in [2.05, 4.69) is 0 Å². The van der Waals surface area contributed by atoms with Gasteiger partial charge in [-0.1, -0.05) is 60.7 Å². The number of amides is 2. The molecular formula is C34H46N2O8. The Morgan fingerprint density at radius 3 is 1.18 bits per heavy atom. The molecule has 44 heavy (non-hydrogen) atoms. The molecule has 0 spiro atoms. The zero-order chi connectivity index (χ0) is 32.7. The normalized spacial score (nSPS) is 21.5. The number of carbonyl (C=O) groups excluding carboxylic acids is 4. The Morgan fingerprint density at radius 2 is 0.909 bits per heavy atom. The van der Waals surface area contributed by atoms with E-state index in [4.69, 9.17) is 18.9 Å². The lowest BCUT2D eigenvalue weighted by Crippen LogP contribution is -2.38. The van der Waals surface area contributed by atoms with Crippen molar-refractivity contribution < 1.29 is 38.1 Å². The van der Waals surface area contributed by atoms with Crippen molar-refractivity contribution in [1.82, 2.24) is 9.80 Å². The summed E-state index contributed by atoms with van der Waals surface area (Å²) in [6.07, 6.45) is 0.359. The van der Waals surface area contributed by atoms with Crippen LogP contribution < -0.4 is 0 Å². The Hall–Kier alpha value is -4.08. The summed E-state index contributed by atoms with van der Waals surface area (Å²) in [6, 6.07) is 18.4. The Balaban J connectivity index is 0.000000240. The first-order valence-electron chi connectivity index (χ1n) is 14.9. The van der Waals surface area contributed by atoms with Gasteiger partial charge in [0.2, 0.25) is 0 Å². The van der Waals surface area contributed by atoms with E-state index in [9.17, 15) is 19.2 Å².